The van der Waals surface area contributed by atoms with Crippen molar-refractivity contribution >= 4 is 49.5 Å². The van der Waals surface area contributed by atoms with Gasteiger partial charge in [0.05, 0.1) is 11.0 Å². The number of nitrogens with zero attached hydrogens (tertiary/aromatic N) is 2. The number of aromatic nitrogens is 1. The van der Waals surface area contributed by atoms with Crippen LogP contribution in [0, 0.1) is 0 Å². The van der Waals surface area contributed by atoms with Crippen molar-refractivity contribution in [2.45, 2.75) is 25.7 Å². The Hall–Kier alpha value is -5.08. The standard InChI is InChI=1S/C40H32N2/c1-4-12-29(13-5-1)30-20-23-34(24-21-30)41(32-15-6-2-7-16-32)35-25-26-37-39(28-35)42(33-17-8-3-9-18-33)38-27-22-31-14-10-11-19-36(31)40(37)38/h1-4,6,8-12,14-15,17-28H,5,7,13,16H2. The second kappa shape index (κ2) is 10.4. The molecule has 5 aromatic carbocycles. The molecular formula is C40H32N2. The van der Waals surface area contributed by atoms with Gasteiger partial charge in [0.1, 0.15) is 0 Å². The van der Waals surface area contributed by atoms with Crippen LogP contribution in [0.1, 0.15) is 31.2 Å². The molecule has 0 amide bonds. The van der Waals surface area contributed by atoms with Gasteiger partial charge in [-0.2, -0.15) is 0 Å². The molecule has 0 saturated carbocycles. The maximum Gasteiger partial charge on any atom is 0.0562 e. The summed E-state index contributed by atoms with van der Waals surface area (Å²) in [7, 11) is 0. The largest absolute Gasteiger partial charge is 0.314 e. The van der Waals surface area contributed by atoms with E-state index in [4.69, 9.17) is 0 Å². The smallest absolute Gasteiger partial charge is 0.0562 e. The number of hydrogen-bond acceptors (Lipinski definition) is 1. The van der Waals surface area contributed by atoms with Gasteiger partial charge in [-0.25, -0.2) is 0 Å². The maximum atomic E-state index is 2.45. The molecule has 0 N–H and O–H groups in total. The van der Waals surface area contributed by atoms with Gasteiger partial charge in [-0.05, 0) is 96.1 Å². The van der Waals surface area contributed by atoms with Crippen molar-refractivity contribution in [1.29, 1.82) is 0 Å². The number of allylic oxidation sites excluding steroid dienone is 8. The first-order valence-electron chi connectivity index (χ1n) is 15.0. The minimum absolute atomic E-state index is 1.01. The SMILES string of the molecule is C1=CCCC(c2ccc(N(C3=CC=CCC3)c3ccc4c5c6ccccc6ccc5n(-c5ccccc5)c4c3)cc2)=C1. The van der Waals surface area contributed by atoms with Gasteiger partial charge in [-0.3, -0.25) is 0 Å². The average Bonchev–Trinajstić information content (AvgIpc) is 3.41. The van der Waals surface area contributed by atoms with Crippen molar-refractivity contribution < 1.29 is 0 Å². The summed E-state index contributed by atoms with van der Waals surface area (Å²) in [6, 6.07) is 40.2. The lowest BCUT2D eigenvalue weighted by Gasteiger charge is -2.29. The van der Waals surface area contributed by atoms with Gasteiger partial charge >= 0.3 is 0 Å². The molecule has 0 bridgehead atoms. The number of hydrogen-bond donors (Lipinski definition) is 0. The fourth-order valence-electron chi connectivity index (χ4n) is 6.69. The Kier molecular flexibility index (Phi) is 6.11. The van der Waals surface area contributed by atoms with Gasteiger partial charge in [0, 0.05) is 33.5 Å². The van der Waals surface area contributed by atoms with E-state index in [1.165, 1.54) is 66.5 Å². The third kappa shape index (κ3) is 4.19. The third-order valence-electron chi connectivity index (χ3n) is 8.70. The first-order valence-corrected chi connectivity index (χ1v) is 15.0. The fourth-order valence-corrected chi connectivity index (χ4v) is 6.69. The molecule has 2 nitrogen and oxygen atoms in total. The van der Waals surface area contributed by atoms with Crippen LogP contribution < -0.4 is 4.90 Å². The number of anilines is 2. The van der Waals surface area contributed by atoms with Crippen molar-refractivity contribution in [3.05, 3.63) is 157 Å². The molecule has 1 aromatic heterocycles. The van der Waals surface area contributed by atoms with Crippen LogP contribution in [0.25, 0.3) is 43.8 Å². The summed E-state index contributed by atoms with van der Waals surface area (Å²) >= 11 is 0. The molecule has 2 aliphatic rings. The molecule has 8 rings (SSSR count). The Morgan fingerprint density at radius 2 is 1.33 bits per heavy atom. The lowest BCUT2D eigenvalue weighted by molar-refractivity contribution is 0.917. The Morgan fingerprint density at radius 1 is 0.571 bits per heavy atom. The Balaban J connectivity index is 1.35. The average molecular weight is 541 g/mol. The highest BCUT2D eigenvalue weighted by molar-refractivity contribution is 6.21. The van der Waals surface area contributed by atoms with E-state index in [9.17, 15) is 0 Å². The van der Waals surface area contributed by atoms with Gasteiger partial charge < -0.3 is 9.47 Å². The predicted molar refractivity (Wildman–Crippen MR) is 180 cm³/mol. The Labute approximate surface area is 246 Å². The van der Waals surface area contributed by atoms with Gasteiger partial charge in [-0.1, -0.05) is 97.1 Å². The van der Waals surface area contributed by atoms with Crippen LogP contribution in [-0.4, -0.2) is 4.57 Å². The molecule has 0 saturated heterocycles. The van der Waals surface area contributed by atoms with Crippen molar-refractivity contribution in [1.82, 2.24) is 4.57 Å². The minimum Gasteiger partial charge on any atom is -0.314 e. The van der Waals surface area contributed by atoms with E-state index in [1.54, 1.807) is 0 Å². The summed E-state index contributed by atoms with van der Waals surface area (Å²) in [6.07, 6.45) is 17.7. The highest BCUT2D eigenvalue weighted by Crippen LogP contribution is 2.41. The third-order valence-corrected chi connectivity index (χ3v) is 8.70. The molecule has 1 heterocycles. The predicted octanol–water partition coefficient (Wildman–Crippen LogP) is 11.0. The number of rotatable bonds is 5. The summed E-state index contributed by atoms with van der Waals surface area (Å²) in [6.45, 7) is 0. The first-order chi connectivity index (χ1) is 20.8. The van der Waals surface area contributed by atoms with E-state index < -0.39 is 0 Å². The molecule has 42 heavy (non-hydrogen) atoms. The van der Waals surface area contributed by atoms with Crippen LogP contribution in [0.2, 0.25) is 0 Å². The summed E-state index contributed by atoms with van der Waals surface area (Å²) in [4.78, 5) is 2.45. The minimum atomic E-state index is 1.01. The lowest BCUT2D eigenvalue weighted by Crippen LogP contribution is -2.17. The lowest BCUT2D eigenvalue weighted by atomic mass is 9.97. The molecule has 0 radical (unpaired) electrons. The fraction of sp³-hybridized carbons (Fsp3) is 0.100. The normalized spacial score (nSPS) is 14.9. The van der Waals surface area contributed by atoms with Crippen LogP contribution in [0.15, 0.2) is 151 Å². The molecule has 0 atom stereocenters. The van der Waals surface area contributed by atoms with Crippen molar-refractivity contribution in [3.8, 4) is 5.69 Å². The van der Waals surface area contributed by atoms with Crippen LogP contribution in [0.3, 0.4) is 0 Å². The molecular weight excluding hydrogens is 508 g/mol. The summed E-state index contributed by atoms with van der Waals surface area (Å²) < 4.78 is 2.43. The topological polar surface area (TPSA) is 8.17 Å². The van der Waals surface area contributed by atoms with E-state index in [-0.39, 0.29) is 0 Å². The van der Waals surface area contributed by atoms with E-state index in [0.29, 0.717) is 0 Å². The highest BCUT2D eigenvalue weighted by Gasteiger charge is 2.20. The molecule has 0 spiro atoms. The molecule has 2 aliphatic carbocycles. The van der Waals surface area contributed by atoms with Gasteiger partial charge in [0.15, 0.2) is 0 Å². The Morgan fingerprint density at radius 3 is 2.12 bits per heavy atom. The number of para-hydroxylation sites is 1. The molecule has 0 aliphatic heterocycles. The van der Waals surface area contributed by atoms with Crippen LogP contribution in [0.4, 0.5) is 11.4 Å². The monoisotopic (exact) mass is 540 g/mol. The second-order valence-electron chi connectivity index (χ2n) is 11.2. The zero-order valence-electron chi connectivity index (χ0n) is 23.6. The van der Waals surface area contributed by atoms with Crippen LogP contribution in [0.5, 0.6) is 0 Å². The molecule has 202 valence electrons. The van der Waals surface area contributed by atoms with Crippen molar-refractivity contribution in [3.63, 3.8) is 0 Å². The van der Waals surface area contributed by atoms with Gasteiger partial charge in [-0.15, -0.1) is 0 Å². The zero-order chi connectivity index (χ0) is 27.9. The summed E-state index contributed by atoms with van der Waals surface area (Å²) in [5.41, 5.74) is 10.0. The molecule has 6 aromatic rings. The van der Waals surface area contributed by atoms with E-state index in [2.05, 4.69) is 155 Å². The molecule has 2 heteroatoms. The van der Waals surface area contributed by atoms with E-state index >= 15 is 0 Å². The Bertz CT molecular complexity index is 2070. The zero-order valence-corrected chi connectivity index (χ0v) is 23.6. The second-order valence-corrected chi connectivity index (χ2v) is 11.2. The van der Waals surface area contributed by atoms with Gasteiger partial charge in [0.25, 0.3) is 0 Å². The summed E-state index contributed by atoms with van der Waals surface area (Å²) in [5, 5.41) is 5.15. The first kappa shape index (κ1) is 24.7. The van der Waals surface area contributed by atoms with E-state index in [0.717, 1.165) is 25.7 Å². The number of fused-ring (bicyclic) bond motifs is 5. The van der Waals surface area contributed by atoms with Gasteiger partial charge in [0.2, 0.25) is 0 Å². The quantitative estimate of drug-likeness (QED) is 0.211. The maximum absolute atomic E-state index is 2.45. The summed E-state index contributed by atoms with van der Waals surface area (Å²) in [5.74, 6) is 0. The highest BCUT2D eigenvalue weighted by atomic mass is 15.2. The van der Waals surface area contributed by atoms with E-state index in [1.807, 2.05) is 0 Å². The van der Waals surface area contributed by atoms with Crippen LogP contribution >= 0.6 is 0 Å². The molecule has 0 fully saturated rings. The van der Waals surface area contributed by atoms with Crippen molar-refractivity contribution in [2.75, 3.05) is 4.90 Å². The van der Waals surface area contributed by atoms with Crippen molar-refractivity contribution in [2.24, 2.45) is 0 Å². The molecule has 0 unspecified atom stereocenters. The van der Waals surface area contributed by atoms with Crippen LogP contribution in [-0.2, 0) is 0 Å². The number of benzene rings is 5.